The van der Waals surface area contributed by atoms with Gasteiger partial charge in [0.25, 0.3) is 0 Å². The Balaban J connectivity index is 2.88. The standard InChI is InChI=1S/C12H18Cl2N2/c1-4-15-8-12(16(2)3)9-5-6-10(13)11(14)7-9/h5-7,12,15H,4,8H2,1-3H3. The lowest BCUT2D eigenvalue weighted by atomic mass is 10.1. The number of rotatable bonds is 5. The van der Waals surface area contributed by atoms with E-state index in [1.807, 2.05) is 18.2 Å². The van der Waals surface area contributed by atoms with Gasteiger partial charge in [0.15, 0.2) is 0 Å². The van der Waals surface area contributed by atoms with Crippen molar-refractivity contribution in [3.05, 3.63) is 33.8 Å². The molecule has 2 nitrogen and oxygen atoms in total. The van der Waals surface area contributed by atoms with Gasteiger partial charge in [-0.1, -0.05) is 36.2 Å². The molecule has 1 N–H and O–H groups in total. The molecule has 1 aromatic carbocycles. The molecule has 0 aromatic heterocycles. The number of hydrogen-bond acceptors (Lipinski definition) is 2. The van der Waals surface area contributed by atoms with Crippen molar-refractivity contribution >= 4 is 23.2 Å². The van der Waals surface area contributed by atoms with Gasteiger partial charge in [-0.2, -0.15) is 0 Å². The van der Waals surface area contributed by atoms with E-state index in [-0.39, 0.29) is 0 Å². The van der Waals surface area contributed by atoms with Gasteiger partial charge in [0.2, 0.25) is 0 Å². The van der Waals surface area contributed by atoms with Gasteiger partial charge in [-0.25, -0.2) is 0 Å². The molecule has 0 aliphatic heterocycles. The highest BCUT2D eigenvalue weighted by atomic mass is 35.5. The van der Waals surface area contributed by atoms with Crippen LogP contribution in [0.1, 0.15) is 18.5 Å². The van der Waals surface area contributed by atoms with Crippen LogP contribution in [0.2, 0.25) is 10.0 Å². The third-order valence-corrected chi connectivity index (χ3v) is 3.28. The number of likely N-dealkylation sites (N-methyl/N-ethyl adjacent to an activating group) is 2. The van der Waals surface area contributed by atoms with E-state index in [4.69, 9.17) is 23.2 Å². The highest BCUT2D eigenvalue weighted by Gasteiger charge is 2.14. The molecular weight excluding hydrogens is 243 g/mol. The Morgan fingerprint density at radius 1 is 1.25 bits per heavy atom. The predicted molar refractivity (Wildman–Crippen MR) is 71.4 cm³/mol. The summed E-state index contributed by atoms with van der Waals surface area (Å²) in [6.07, 6.45) is 0. The zero-order valence-corrected chi connectivity index (χ0v) is 11.4. The molecule has 1 rings (SSSR count). The summed E-state index contributed by atoms with van der Waals surface area (Å²) in [5, 5.41) is 4.56. The van der Waals surface area contributed by atoms with E-state index in [9.17, 15) is 0 Å². The quantitative estimate of drug-likeness (QED) is 0.875. The molecule has 0 aliphatic carbocycles. The van der Waals surface area contributed by atoms with Gasteiger partial charge < -0.3 is 10.2 Å². The molecule has 0 amide bonds. The second kappa shape index (κ2) is 6.45. The molecule has 1 atom stereocenters. The van der Waals surface area contributed by atoms with Crippen molar-refractivity contribution in [1.82, 2.24) is 10.2 Å². The summed E-state index contributed by atoms with van der Waals surface area (Å²) in [5.74, 6) is 0. The van der Waals surface area contributed by atoms with E-state index >= 15 is 0 Å². The molecule has 0 fully saturated rings. The lowest BCUT2D eigenvalue weighted by molar-refractivity contribution is 0.290. The Morgan fingerprint density at radius 3 is 2.44 bits per heavy atom. The van der Waals surface area contributed by atoms with Crippen LogP contribution in [-0.4, -0.2) is 32.1 Å². The maximum Gasteiger partial charge on any atom is 0.0595 e. The van der Waals surface area contributed by atoms with Crippen molar-refractivity contribution in [3.8, 4) is 0 Å². The number of nitrogens with one attached hydrogen (secondary N) is 1. The van der Waals surface area contributed by atoms with Crippen LogP contribution >= 0.6 is 23.2 Å². The normalized spacial score (nSPS) is 13.1. The van der Waals surface area contributed by atoms with Gasteiger partial charge in [0, 0.05) is 12.6 Å². The lowest BCUT2D eigenvalue weighted by Gasteiger charge is -2.25. The van der Waals surface area contributed by atoms with Gasteiger partial charge in [-0.15, -0.1) is 0 Å². The minimum absolute atomic E-state index is 0.315. The Labute approximate surface area is 108 Å². The highest BCUT2D eigenvalue weighted by molar-refractivity contribution is 6.42. The van der Waals surface area contributed by atoms with Crippen LogP contribution in [0.25, 0.3) is 0 Å². The molecule has 0 saturated carbocycles. The summed E-state index contributed by atoms with van der Waals surface area (Å²) >= 11 is 11.9. The molecule has 0 radical (unpaired) electrons. The smallest absolute Gasteiger partial charge is 0.0595 e. The minimum atomic E-state index is 0.315. The average molecular weight is 261 g/mol. The summed E-state index contributed by atoms with van der Waals surface area (Å²) < 4.78 is 0. The van der Waals surface area contributed by atoms with Crippen molar-refractivity contribution < 1.29 is 0 Å². The van der Waals surface area contributed by atoms with Crippen molar-refractivity contribution in [2.45, 2.75) is 13.0 Å². The molecule has 0 aliphatic rings. The Hall–Kier alpha value is -0.280. The number of hydrogen-bond donors (Lipinski definition) is 1. The third kappa shape index (κ3) is 3.63. The van der Waals surface area contributed by atoms with Crippen molar-refractivity contribution in [1.29, 1.82) is 0 Å². The molecule has 0 bridgehead atoms. The Bertz CT molecular complexity index is 340. The van der Waals surface area contributed by atoms with E-state index in [1.54, 1.807) is 0 Å². The lowest BCUT2D eigenvalue weighted by Crippen LogP contribution is -2.30. The van der Waals surface area contributed by atoms with Gasteiger partial charge in [-0.05, 0) is 38.3 Å². The second-order valence-electron chi connectivity index (χ2n) is 3.96. The van der Waals surface area contributed by atoms with E-state index in [1.165, 1.54) is 5.56 Å². The monoisotopic (exact) mass is 260 g/mol. The predicted octanol–water partition coefficient (Wildman–Crippen LogP) is 3.21. The van der Waals surface area contributed by atoms with Crippen LogP contribution in [0.5, 0.6) is 0 Å². The average Bonchev–Trinajstić information content (AvgIpc) is 2.23. The van der Waals surface area contributed by atoms with Crippen LogP contribution in [0, 0.1) is 0 Å². The molecule has 4 heteroatoms. The summed E-state index contributed by atoms with van der Waals surface area (Å²) in [6.45, 7) is 3.97. The molecular formula is C12H18Cl2N2. The summed E-state index contributed by atoms with van der Waals surface area (Å²) in [5.41, 5.74) is 1.18. The zero-order valence-electron chi connectivity index (χ0n) is 9.93. The Morgan fingerprint density at radius 2 is 1.94 bits per heavy atom. The fourth-order valence-electron chi connectivity index (χ4n) is 1.60. The topological polar surface area (TPSA) is 15.3 Å². The summed E-state index contributed by atoms with van der Waals surface area (Å²) in [4.78, 5) is 2.17. The van der Waals surface area contributed by atoms with E-state index in [2.05, 4.69) is 31.2 Å². The van der Waals surface area contributed by atoms with Gasteiger partial charge in [0.1, 0.15) is 0 Å². The molecule has 1 unspecified atom stereocenters. The first-order valence-corrected chi connectivity index (χ1v) is 6.14. The summed E-state index contributed by atoms with van der Waals surface area (Å²) in [7, 11) is 4.12. The van der Waals surface area contributed by atoms with Gasteiger partial charge in [0.05, 0.1) is 10.0 Å². The fourth-order valence-corrected chi connectivity index (χ4v) is 1.91. The number of benzene rings is 1. The molecule has 0 spiro atoms. The molecule has 90 valence electrons. The zero-order chi connectivity index (χ0) is 12.1. The van der Waals surface area contributed by atoms with Gasteiger partial charge in [-0.3, -0.25) is 0 Å². The van der Waals surface area contributed by atoms with Crippen molar-refractivity contribution in [2.24, 2.45) is 0 Å². The first-order chi connectivity index (χ1) is 7.56. The number of halogens is 2. The van der Waals surface area contributed by atoms with E-state index < -0.39 is 0 Å². The van der Waals surface area contributed by atoms with E-state index in [0.717, 1.165) is 13.1 Å². The SMILES string of the molecule is CCNCC(c1ccc(Cl)c(Cl)c1)N(C)C. The molecule has 1 aromatic rings. The van der Waals surface area contributed by atoms with Crippen LogP contribution in [0.3, 0.4) is 0 Å². The van der Waals surface area contributed by atoms with Crippen LogP contribution < -0.4 is 5.32 Å². The van der Waals surface area contributed by atoms with Gasteiger partial charge >= 0.3 is 0 Å². The van der Waals surface area contributed by atoms with Crippen molar-refractivity contribution in [2.75, 3.05) is 27.2 Å². The molecule has 16 heavy (non-hydrogen) atoms. The van der Waals surface area contributed by atoms with Crippen molar-refractivity contribution in [3.63, 3.8) is 0 Å². The minimum Gasteiger partial charge on any atom is -0.315 e. The number of nitrogens with zero attached hydrogens (tertiary/aromatic N) is 1. The second-order valence-corrected chi connectivity index (χ2v) is 4.78. The van der Waals surface area contributed by atoms with Crippen LogP contribution in [0.15, 0.2) is 18.2 Å². The highest BCUT2D eigenvalue weighted by Crippen LogP contribution is 2.27. The first kappa shape index (κ1) is 13.8. The van der Waals surface area contributed by atoms with Crippen LogP contribution in [0.4, 0.5) is 0 Å². The largest absolute Gasteiger partial charge is 0.315 e. The maximum atomic E-state index is 6.03. The maximum absolute atomic E-state index is 6.03. The fraction of sp³-hybridized carbons (Fsp3) is 0.500. The molecule has 0 heterocycles. The van der Waals surface area contributed by atoms with E-state index in [0.29, 0.717) is 16.1 Å². The molecule has 0 saturated heterocycles. The first-order valence-electron chi connectivity index (χ1n) is 5.38. The third-order valence-electron chi connectivity index (χ3n) is 2.54. The summed E-state index contributed by atoms with van der Waals surface area (Å²) in [6, 6.07) is 6.12. The van der Waals surface area contributed by atoms with Crippen LogP contribution in [-0.2, 0) is 0 Å². The Kier molecular flexibility index (Phi) is 5.56.